The van der Waals surface area contributed by atoms with Crippen LogP contribution in [0, 0.1) is 13.8 Å². The highest BCUT2D eigenvalue weighted by atomic mass is 32.1. The maximum absolute atomic E-state index is 14.0. The van der Waals surface area contributed by atoms with Gasteiger partial charge < -0.3 is 10.1 Å². The molecule has 1 atom stereocenters. The number of ether oxygens (including phenoxy) is 1. The van der Waals surface area contributed by atoms with E-state index in [4.69, 9.17) is 9.72 Å². The summed E-state index contributed by atoms with van der Waals surface area (Å²) in [4.78, 5) is 25.2. The number of rotatable bonds is 7. The Balaban J connectivity index is 1.50. The Bertz CT molecular complexity index is 1360. The molecule has 4 aromatic rings. The fourth-order valence-corrected chi connectivity index (χ4v) is 5.59. The first-order valence-corrected chi connectivity index (χ1v) is 13.0. The van der Waals surface area contributed by atoms with Crippen molar-refractivity contribution < 1.29 is 9.53 Å². The molecule has 8 nitrogen and oxygen atoms in total. The molecule has 0 bridgehead atoms. The number of fused-ring (bicyclic) bond motifs is 1. The van der Waals surface area contributed by atoms with Crippen LogP contribution in [0.4, 0.5) is 5.82 Å². The van der Waals surface area contributed by atoms with Crippen molar-refractivity contribution in [2.45, 2.75) is 39.2 Å². The Labute approximate surface area is 214 Å². The largest absolute Gasteiger partial charge is 0.384 e. The normalized spacial score (nSPS) is 15.8. The van der Waals surface area contributed by atoms with Gasteiger partial charge in [-0.05, 0) is 62.4 Å². The molecule has 4 heterocycles. The van der Waals surface area contributed by atoms with Crippen LogP contribution in [0.3, 0.4) is 0 Å². The van der Waals surface area contributed by atoms with Crippen molar-refractivity contribution in [1.82, 2.24) is 25.5 Å². The third-order valence-electron chi connectivity index (χ3n) is 6.48. The second-order valence-electron chi connectivity index (χ2n) is 9.17. The van der Waals surface area contributed by atoms with E-state index in [0.29, 0.717) is 30.1 Å². The monoisotopic (exact) mass is 502 g/mol. The van der Waals surface area contributed by atoms with E-state index in [9.17, 15) is 4.79 Å². The summed E-state index contributed by atoms with van der Waals surface area (Å²) in [6.45, 7) is 6.47. The molecule has 5 rings (SSSR count). The van der Waals surface area contributed by atoms with Crippen molar-refractivity contribution in [1.29, 1.82) is 0 Å². The molecular formula is C27H30N6O2S. The predicted octanol–water partition coefficient (Wildman–Crippen LogP) is 4.35. The first kappa shape index (κ1) is 24.4. The number of pyridine rings is 2. The summed E-state index contributed by atoms with van der Waals surface area (Å²) in [5, 5.41) is 15.7. The second kappa shape index (κ2) is 10.8. The number of hydrogen-bond donors (Lipinski definition) is 1. The molecule has 1 N–H and O–H groups in total. The fraction of sp³-hybridized carbons (Fsp3) is 0.370. The summed E-state index contributed by atoms with van der Waals surface area (Å²) in [5.41, 5.74) is 3.53. The maximum Gasteiger partial charge on any atom is 0.261 e. The number of methoxy groups -OCH3 is 1. The lowest BCUT2D eigenvalue weighted by Crippen LogP contribution is -2.49. The summed E-state index contributed by atoms with van der Waals surface area (Å²) in [6, 6.07) is 9.99. The number of carbonyl (C=O) groups excluding carboxylic acids is 1. The standard InChI is InChI=1S/C27H30N6O2S/c1-17-13-18(2)24-19(14-17)8-11-29-25(24)33(21-5-4-10-28-16-21)27(34)20-6-7-22(30-15-20)26-32-31-23(36-26)9-12-35-3/h6-8,11,13-15,21,28H,4-5,9-10,12,16H2,1-3H3/t21-/m1/s1. The van der Waals surface area contributed by atoms with Crippen LogP contribution in [0.1, 0.15) is 39.3 Å². The predicted molar refractivity (Wildman–Crippen MR) is 143 cm³/mol. The van der Waals surface area contributed by atoms with Gasteiger partial charge in [-0.1, -0.05) is 29.0 Å². The van der Waals surface area contributed by atoms with Gasteiger partial charge in [-0.25, -0.2) is 4.98 Å². The molecule has 1 amide bonds. The lowest BCUT2D eigenvalue weighted by atomic mass is 10.00. The van der Waals surface area contributed by atoms with Gasteiger partial charge in [0, 0.05) is 37.9 Å². The molecule has 186 valence electrons. The minimum Gasteiger partial charge on any atom is -0.384 e. The van der Waals surface area contributed by atoms with Gasteiger partial charge in [-0.3, -0.25) is 14.7 Å². The highest BCUT2D eigenvalue weighted by Crippen LogP contribution is 2.32. The molecule has 1 fully saturated rings. The van der Waals surface area contributed by atoms with Crippen LogP contribution in [0.15, 0.2) is 42.7 Å². The molecule has 0 unspecified atom stereocenters. The molecule has 36 heavy (non-hydrogen) atoms. The number of aromatic nitrogens is 4. The van der Waals surface area contributed by atoms with Crippen molar-refractivity contribution in [3.63, 3.8) is 0 Å². The SMILES string of the molecule is COCCc1nnc(-c2ccc(C(=O)N(c3nccc4cc(C)cc(C)c34)[C@@H]3CCCNC3)cn2)s1. The number of amides is 1. The fourth-order valence-electron chi connectivity index (χ4n) is 4.79. The topological polar surface area (TPSA) is 93.1 Å². The Hall–Kier alpha value is -3.27. The number of nitrogens with one attached hydrogen (secondary N) is 1. The molecule has 0 saturated carbocycles. The number of carbonyl (C=O) groups is 1. The molecule has 1 saturated heterocycles. The van der Waals surface area contributed by atoms with Crippen molar-refractivity contribution >= 4 is 33.8 Å². The van der Waals surface area contributed by atoms with E-state index in [0.717, 1.165) is 52.3 Å². The van der Waals surface area contributed by atoms with E-state index in [1.54, 1.807) is 19.5 Å². The van der Waals surface area contributed by atoms with E-state index in [-0.39, 0.29) is 11.9 Å². The molecule has 1 aliphatic heterocycles. The van der Waals surface area contributed by atoms with Crippen molar-refractivity contribution in [2.24, 2.45) is 0 Å². The van der Waals surface area contributed by atoms with Gasteiger partial charge in [0.25, 0.3) is 5.91 Å². The highest BCUT2D eigenvalue weighted by molar-refractivity contribution is 7.14. The van der Waals surface area contributed by atoms with E-state index in [1.807, 2.05) is 23.1 Å². The zero-order valence-electron chi connectivity index (χ0n) is 20.8. The molecular weight excluding hydrogens is 472 g/mol. The summed E-state index contributed by atoms with van der Waals surface area (Å²) in [5.74, 6) is 0.612. The molecule has 1 aromatic carbocycles. The number of benzene rings is 1. The Kier molecular flexibility index (Phi) is 7.31. The lowest BCUT2D eigenvalue weighted by Gasteiger charge is -2.35. The van der Waals surface area contributed by atoms with Crippen LogP contribution in [-0.4, -0.2) is 58.9 Å². The summed E-state index contributed by atoms with van der Waals surface area (Å²) in [6.07, 6.45) is 6.08. The quantitative estimate of drug-likeness (QED) is 0.401. The van der Waals surface area contributed by atoms with Gasteiger partial charge in [0.05, 0.1) is 18.2 Å². The van der Waals surface area contributed by atoms with E-state index >= 15 is 0 Å². The van der Waals surface area contributed by atoms with Crippen LogP contribution in [0.5, 0.6) is 0 Å². The number of piperidine rings is 1. The van der Waals surface area contributed by atoms with Gasteiger partial charge in [0.15, 0.2) is 5.01 Å². The van der Waals surface area contributed by atoms with Crippen LogP contribution in [-0.2, 0) is 11.2 Å². The van der Waals surface area contributed by atoms with Gasteiger partial charge in [0.2, 0.25) is 0 Å². The molecule has 0 spiro atoms. The average molecular weight is 503 g/mol. The summed E-state index contributed by atoms with van der Waals surface area (Å²) < 4.78 is 5.12. The number of anilines is 1. The highest BCUT2D eigenvalue weighted by Gasteiger charge is 2.30. The maximum atomic E-state index is 14.0. The Morgan fingerprint density at radius 3 is 2.83 bits per heavy atom. The molecule has 0 aliphatic carbocycles. The number of aryl methyl sites for hydroxylation is 2. The molecule has 1 aliphatic rings. The van der Waals surface area contributed by atoms with E-state index in [2.05, 4.69) is 46.5 Å². The van der Waals surface area contributed by atoms with Gasteiger partial charge >= 0.3 is 0 Å². The Morgan fingerprint density at radius 1 is 1.19 bits per heavy atom. The second-order valence-corrected chi connectivity index (χ2v) is 10.2. The minimum atomic E-state index is -0.0965. The van der Waals surface area contributed by atoms with Gasteiger partial charge in [0.1, 0.15) is 16.5 Å². The van der Waals surface area contributed by atoms with Crippen molar-refractivity contribution in [3.05, 3.63) is 64.4 Å². The molecule has 0 radical (unpaired) electrons. The smallest absolute Gasteiger partial charge is 0.261 e. The summed E-state index contributed by atoms with van der Waals surface area (Å²) >= 11 is 1.49. The third-order valence-corrected chi connectivity index (χ3v) is 7.49. The zero-order valence-corrected chi connectivity index (χ0v) is 21.6. The molecule has 9 heteroatoms. The number of hydrogen-bond acceptors (Lipinski definition) is 8. The first-order chi connectivity index (χ1) is 17.5. The van der Waals surface area contributed by atoms with Crippen LogP contribution in [0.2, 0.25) is 0 Å². The van der Waals surface area contributed by atoms with E-state index in [1.165, 1.54) is 16.9 Å². The van der Waals surface area contributed by atoms with E-state index < -0.39 is 0 Å². The molecule has 3 aromatic heterocycles. The number of nitrogens with zero attached hydrogens (tertiary/aromatic N) is 5. The Morgan fingerprint density at radius 2 is 2.08 bits per heavy atom. The van der Waals surface area contributed by atoms with Crippen LogP contribution < -0.4 is 10.2 Å². The average Bonchev–Trinajstić information content (AvgIpc) is 3.37. The first-order valence-electron chi connectivity index (χ1n) is 12.2. The van der Waals surface area contributed by atoms with Crippen molar-refractivity contribution in [2.75, 3.05) is 31.7 Å². The third kappa shape index (κ3) is 5.00. The lowest BCUT2D eigenvalue weighted by molar-refractivity contribution is 0.0971. The summed E-state index contributed by atoms with van der Waals surface area (Å²) in [7, 11) is 1.67. The van der Waals surface area contributed by atoms with Gasteiger partial charge in [-0.2, -0.15) is 0 Å². The van der Waals surface area contributed by atoms with Crippen LogP contribution in [0.25, 0.3) is 21.5 Å². The zero-order chi connectivity index (χ0) is 25.1. The van der Waals surface area contributed by atoms with Crippen molar-refractivity contribution in [3.8, 4) is 10.7 Å². The van der Waals surface area contributed by atoms with Crippen LogP contribution >= 0.6 is 11.3 Å². The van der Waals surface area contributed by atoms with Gasteiger partial charge in [-0.15, -0.1) is 10.2 Å². The minimum absolute atomic E-state index is 0.0104.